The van der Waals surface area contributed by atoms with Crippen LogP contribution in [0.5, 0.6) is 0 Å². The van der Waals surface area contributed by atoms with E-state index in [0.29, 0.717) is 31.4 Å². The Morgan fingerprint density at radius 3 is 2.66 bits per heavy atom. The Bertz CT molecular complexity index is 1240. The number of amides is 1. The minimum absolute atomic E-state index is 0.0790. The Hall–Kier alpha value is -3.48. The molecular weight excluding hydrogens is 371 g/mol. The standard InChI is InChI=1S/C22H21FN4O2/c1-26-22(29)21-18(14-25-26)17-5-2-3-6-19(17)27(21)12-4-7-20(28)24-13-15-8-10-16(23)11-9-15/h2-3,5-6,8-11,14H,4,7,12-13H2,1H3,(H,24,28). The van der Waals surface area contributed by atoms with E-state index >= 15 is 0 Å². The summed E-state index contributed by atoms with van der Waals surface area (Å²) < 4.78 is 16.2. The van der Waals surface area contributed by atoms with Gasteiger partial charge in [0.25, 0.3) is 5.56 Å². The molecule has 0 fully saturated rings. The van der Waals surface area contributed by atoms with Crippen LogP contribution in [0.1, 0.15) is 18.4 Å². The number of rotatable bonds is 6. The zero-order valence-electron chi connectivity index (χ0n) is 16.1. The highest BCUT2D eigenvalue weighted by Gasteiger charge is 2.15. The van der Waals surface area contributed by atoms with Crippen LogP contribution in [0.25, 0.3) is 21.8 Å². The van der Waals surface area contributed by atoms with Gasteiger partial charge in [-0.25, -0.2) is 9.07 Å². The van der Waals surface area contributed by atoms with Crippen molar-refractivity contribution in [2.45, 2.75) is 25.9 Å². The number of aryl methyl sites for hydroxylation is 2. The Labute approximate surface area is 166 Å². The van der Waals surface area contributed by atoms with Gasteiger partial charge in [0, 0.05) is 42.8 Å². The number of para-hydroxylation sites is 1. The summed E-state index contributed by atoms with van der Waals surface area (Å²) in [5.41, 5.74) is 2.26. The van der Waals surface area contributed by atoms with Crippen molar-refractivity contribution in [1.29, 1.82) is 0 Å². The van der Waals surface area contributed by atoms with Crippen LogP contribution in [0.4, 0.5) is 4.39 Å². The summed E-state index contributed by atoms with van der Waals surface area (Å²) in [5.74, 6) is -0.378. The monoisotopic (exact) mass is 392 g/mol. The van der Waals surface area contributed by atoms with E-state index < -0.39 is 0 Å². The van der Waals surface area contributed by atoms with Crippen LogP contribution >= 0.6 is 0 Å². The molecule has 0 saturated heterocycles. The summed E-state index contributed by atoms with van der Waals surface area (Å²) in [5, 5.41) is 8.79. The van der Waals surface area contributed by atoms with Crippen molar-refractivity contribution in [3.8, 4) is 0 Å². The van der Waals surface area contributed by atoms with Crippen LogP contribution in [-0.2, 0) is 24.9 Å². The van der Waals surface area contributed by atoms with Crippen LogP contribution in [-0.4, -0.2) is 20.3 Å². The lowest BCUT2D eigenvalue weighted by Gasteiger charge is -2.08. The van der Waals surface area contributed by atoms with Crippen molar-refractivity contribution < 1.29 is 9.18 Å². The Morgan fingerprint density at radius 1 is 1.10 bits per heavy atom. The summed E-state index contributed by atoms with van der Waals surface area (Å²) in [6, 6.07) is 13.9. The fraction of sp³-hybridized carbons (Fsp3) is 0.227. The maximum absolute atomic E-state index is 12.9. The Balaban J connectivity index is 1.48. The summed E-state index contributed by atoms with van der Waals surface area (Å²) >= 11 is 0. The maximum Gasteiger partial charge on any atom is 0.291 e. The minimum atomic E-state index is -0.299. The van der Waals surface area contributed by atoms with Gasteiger partial charge in [0.15, 0.2) is 0 Å². The highest BCUT2D eigenvalue weighted by molar-refractivity contribution is 6.07. The summed E-state index contributed by atoms with van der Waals surface area (Å²) in [7, 11) is 1.63. The third-order valence-corrected chi connectivity index (χ3v) is 5.06. The third kappa shape index (κ3) is 3.76. The lowest BCUT2D eigenvalue weighted by Crippen LogP contribution is -2.23. The molecule has 29 heavy (non-hydrogen) atoms. The zero-order valence-corrected chi connectivity index (χ0v) is 16.1. The molecule has 2 aromatic heterocycles. The van der Waals surface area contributed by atoms with Crippen LogP contribution in [0, 0.1) is 5.82 Å². The number of hydrogen-bond donors (Lipinski definition) is 1. The van der Waals surface area contributed by atoms with Gasteiger partial charge in [-0.05, 0) is 30.2 Å². The SMILES string of the molecule is Cn1ncc2c3ccccc3n(CCCC(=O)NCc3ccc(F)cc3)c2c1=O. The third-order valence-electron chi connectivity index (χ3n) is 5.06. The lowest BCUT2D eigenvalue weighted by atomic mass is 10.2. The van der Waals surface area contributed by atoms with E-state index in [2.05, 4.69) is 10.4 Å². The molecule has 6 nitrogen and oxygen atoms in total. The van der Waals surface area contributed by atoms with Crippen molar-refractivity contribution in [2.24, 2.45) is 7.05 Å². The number of carbonyl (C=O) groups is 1. The first-order valence-electron chi connectivity index (χ1n) is 9.49. The van der Waals surface area contributed by atoms with Gasteiger partial charge in [-0.1, -0.05) is 30.3 Å². The average Bonchev–Trinajstić information content (AvgIpc) is 3.05. The number of carbonyl (C=O) groups excluding carboxylic acids is 1. The molecule has 148 valence electrons. The second-order valence-corrected chi connectivity index (χ2v) is 7.01. The van der Waals surface area contributed by atoms with Gasteiger partial charge in [0.05, 0.1) is 6.20 Å². The topological polar surface area (TPSA) is 68.9 Å². The first-order valence-corrected chi connectivity index (χ1v) is 9.49. The second kappa shape index (κ2) is 7.87. The molecule has 4 aromatic rings. The fourth-order valence-corrected chi connectivity index (χ4v) is 3.56. The zero-order chi connectivity index (χ0) is 20.4. The molecule has 0 saturated carbocycles. The van der Waals surface area contributed by atoms with Crippen molar-refractivity contribution in [1.82, 2.24) is 19.7 Å². The normalized spacial score (nSPS) is 11.2. The number of benzene rings is 2. The highest BCUT2D eigenvalue weighted by Crippen LogP contribution is 2.26. The van der Waals surface area contributed by atoms with Crippen LogP contribution in [0.15, 0.2) is 59.5 Å². The summed E-state index contributed by atoms with van der Waals surface area (Å²) in [6.45, 7) is 0.911. The number of halogens is 1. The van der Waals surface area contributed by atoms with Crippen LogP contribution < -0.4 is 10.9 Å². The number of hydrogen-bond acceptors (Lipinski definition) is 3. The van der Waals surface area contributed by atoms with Gasteiger partial charge in [-0.15, -0.1) is 0 Å². The summed E-state index contributed by atoms with van der Waals surface area (Å²) in [6.07, 6.45) is 2.64. The van der Waals surface area contributed by atoms with E-state index in [-0.39, 0.29) is 17.3 Å². The second-order valence-electron chi connectivity index (χ2n) is 7.01. The molecule has 2 heterocycles. The van der Waals surface area contributed by atoms with Gasteiger partial charge in [-0.2, -0.15) is 5.10 Å². The Kier molecular flexibility index (Phi) is 5.12. The number of fused-ring (bicyclic) bond motifs is 3. The molecule has 0 unspecified atom stereocenters. The quantitative estimate of drug-likeness (QED) is 0.548. The van der Waals surface area contributed by atoms with E-state index in [4.69, 9.17) is 0 Å². The molecular formula is C22H21FN4O2. The number of aromatic nitrogens is 3. The van der Waals surface area contributed by atoms with E-state index in [1.807, 2.05) is 28.8 Å². The molecule has 0 atom stereocenters. The molecule has 1 N–H and O–H groups in total. The smallest absolute Gasteiger partial charge is 0.291 e. The van der Waals surface area contributed by atoms with Gasteiger partial charge in [0.1, 0.15) is 11.3 Å². The van der Waals surface area contributed by atoms with Gasteiger partial charge < -0.3 is 9.88 Å². The van der Waals surface area contributed by atoms with Crippen molar-refractivity contribution in [3.63, 3.8) is 0 Å². The van der Waals surface area contributed by atoms with Crippen molar-refractivity contribution in [3.05, 3.63) is 76.5 Å². The van der Waals surface area contributed by atoms with Gasteiger partial charge in [0.2, 0.25) is 5.91 Å². The maximum atomic E-state index is 12.9. The van der Waals surface area contributed by atoms with Crippen molar-refractivity contribution >= 4 is 27.7 Å². The summed E-state index contributed by atoms with van der Waals surface area (Å²) in [4.78, 5) is 24.9. The largest absolute Gasteiger partial charge is 0.352 e. The predicted octanol–water partition coefficient (Wildman–Crippen LogP) is 3.12. The lowest BCUT2D eigenvalue weighted by molar-refractivity contribution is -0.121. The molecule has 4 rings (SSSR count). The molecule has 1 amide bonds. The first kappa shape index (κ1) is 18.9. The van der Waals surface area contributed by atoms with Crippen LogP contribution in [0.3, 0.4) is 0 Å². The molecule has 0 aliphatic heterocycles. The molecule has 7 heteroatoms. The highest BCUT2D eigenvalue weighted by atomic mass is 19.1. The first-order chi connectivity index (χ1) is 14.0. The average molecular weight is 392 g/mol. The van der Waals surface area contributed by atoms with Crippen LogP contribution in [0.2, 0.25) is 0 Å². The molecule has 0 bridgehead atoms. The fourth-order valence-electron chi connectivity index (χ4n) is 3.56. The number of nitrogens with zero attached hydrogens (tertiary/aromatic N) is 3. The Morgan fingerprint density at radius 2 is 1.86 bits per heavy atom. The van der Waals surface area contributed by atoms with E-state index in [0.717, 1.165) is 21.9 Å². The molecule has 0 aliphatic rings. The number of nitrogens with one attached hydrogen (secondary N) is 1. The predicted molar refractivity (Wildman–Crippen MR) is 110 cm³/mol. The molecule has 0 radical (unpaired) electrons. The van der Waals surface area contributed by atoms with E-state index in [1.54, 1.807) is 25.4 Å². The van der Waals surface area contributed by atoms with E-state index in [9.17, 15) is 14.0 Å². The van der Waals surface area contributed by atoms with E-state index in [1.165, 1.54) is 16.8 Å². The molecule has 2 aromatic carbocycles. The van der Waals surface area contributed by atoms with Gasteiger partial charge in [-0.3, -0.25) is 9.59 Å². The minimum Gasteiger partial charge on any atom is -0.352 e. The van der Waals surface area contributed by atoms with Gasteiger partial charge >= 0.3 is 0 Å². The molecule has 0 aliphatic carbocycles. The molecule has 0 spiro atoms. The van der Waals surface area contributed by atoms with Crippen molar-refractivity contribution in [2.75, 3.05) is 0 Å².